The predicted octanol–water partition coefficient (Wildman–Crippen LogP) is 4.56. The van der Waals surface area contributed by atoms with Gasteiger partial charge in [0.25, 0.3) is 0 Å². The Bertz CT molecular complexity index is 942. The zero-order valence-electron chi connectivity index (χ0n) is 15.8. The van der Waals surface area contributed by atoms with Crippen molar-refractivity contribution < 1.29 is 9.15 Å². The van der Waals surface area contributed by atoms with Crippen LogP contribution in [0.25, 0.3) is 11.0 Å². The second-order valence-electron chi connectivity index (χ2n) is 7.02. The summed E-state index contributed by atoms with van der Waals surface area (Å²) in [5.74, 6) is 1.28. The lowest BCUT2D eigenvalue weighted by Crippen LogP contribution is -2.18. The van der Waals surface area contributed by atoms with E-state index in [1.165, 1.54) is 11.1 Å². The molecule has 0 unspecified atom stereocenters. The van der Waals surface area contributed by atoms with Crippen LogP contribution in [0.3, 0.4) is 0 Å². The van der Waals surface area contributed by atoms with Gasteiger partial charge in [-0.2, -0.15) is 0 Å². The largest absolute Gasteiger partial charge is 0.497 e. The second-order valence-corrected chi connectivity index (χ2v) is 7.02. The summed E-state index contributed by atoms with van der Waals surface area (Å²) in [6.45, 7) is 5.86. The maximum Gasteiger partial charge on any atom is 0.336 e. The molecule has 0 spiro atoms. The zero-order valence-corrected chi connectivity index (χ0v) is 15.8. The SMILES string of the molecule is COc1ccc2oc(=O)cc(CN(C)Cc3ccc(C(C)C)cc3)c2c1. The summed E-state index contributed by atoms with van der Waals surface area (Å²) in [4.78, 5) is 14.1. The summed E-state index contributed by atoms with van der Waals surface area (Å²) in [6, 6.07) is 15.8. The van der Waals surface area contributed by atoms with Crippen molar-refractivity contribution in [2.24, 2.45) is 0 Å². The van der Waals surface area contributed by atoms with E-state index in [4.69, 9.17) is 9.15 Å². The predicted molar refractivity (Wildman–Crippen MR) is 105 cm³/mol. The topological polar surface area (TPSA) is 42.7 Å². The van der Waals surface area contributed by atoms with Crippen molar-refractivity contribution in [2.45, 2.75) is 32.9 Å². The fourth-order valence-electron chi connectivity index (χ4n) is 3.13. The van der Waals surface area contributed by atoms with Gasteiger partial charge >= 0.3 is 5.63 Å². The van der Waals surface area contributed by atoms with Gasteiger partial charge in [-0.25, -0.2) is 4.79 Å². The van der Waals surface area contributed by atoms with E-state index in [9.17, 15) is 4.79 Å². The molecule has 0 fully saturated rings. The summed E-state index contributed by atoms with van der Waals surface area (Å²) in [5, 5.41) is 0.908. The molecule has 0 amide bonds. The molecule has 0 saturated carbocycles. The van der Waals surface area contributed by atoms with Gasteiger partial charge in [0, 0.05) is 24.5 Å². The molecule has 3 aromatic rings. The molecule has 0 aliphatic rings. The van der Waals surface area contributed by atoms with E-state index in [2.05, 4.69) is 50.1 Å². The van der Waals surface area contributed by atoms with Gasteiger partial charge in [-0.05, 0) is 47.9 Å². The molecule has 0 bridgehead atoms. The van der Waals surface area contributed by atoms with Gasteiger partial charge in [0.2, 0.25) is 0 Å². The van der Waals surface area contributed by atoms with Crippen molar-refractivity contribution in [2.75, 3.05) is 14.2 Å². The van der Waals surface area contributed by atoms with Crippen LogP contribution in [-0.2, 0) is 13.1 Å². The number of fused-ring (bicyclic) bond motifs is 1. The van der Waals surface area contributed by atoms with Gasteiger partial charge in [0.15, 0.2) is 0 Å². The van der Waals surface area contributed by atoms with Crippen LogP contribution in [0.1, 0.15) is 36.5 Å². The fraction of sp³-hybridized carbons (Fsp3) is 0.318. The third-order valence-electron chi connectivity index (χ3n) is 4.57. The number of methoxy groups -OCH3 is 1. The first-order chi connectivity index (χ1) is 12.5. The Balaban J connectivity index is 1.82. The number of benzene rings is 2. The Morgan fingerprint density at radius 2 is 1.77 bits per heavy atom. The van der Waals surface area contributed by atoms with E-state index in [1.54, 1.807) is 25.3 Å². The lowest BCUT2D eigenvalue weighted by Gasteiger charge is -2.18. The summed E-state index contributed by atoms with van der Waals surface area (Å²) < 4.78 is 10.6. The Labute approximate surface area is 154 Å². The van der Waals surface area contributed by atoms with Crippen LogP contribution in [0.5, 0.6) is 5.75 Å². The van der Waals surface area contributed by atoms with Crippen LogP contribution >= 0.6 is 0 Å². The minimum atomic E-state index is -0.327. The van der Waals surface area contributed by atoms with Crippen molar-refractivity contribution in [3.63, 3.8) is 0 Å². The highest BCUT2D eigenvalue weighted by molar-refractivity contribution is 5.81. The van der Waals surface area contributed by atoms with Crippen LogP contribution in [0.2, 0.25) is 0 Å². The molecule has 0 atom stereocenters. The molecule has 4 nitrogen and oxygen atoms in total. The first-order valence-corrected chi connectivity index (χ1v) is 8.84. The Morgan fingerprint density at radius 3 is 2.42 bits per heavy atom. The summed E-state index contributed by atoms with van der Waals surface area (Å²) in [5.41, 5.74) is 3.80. The Kier molecular flexibility index (Phi) is 5.43. The molecule has 26 heavy (non-hydrogen) atoms. The molecular weight excluding hydrogens is 326 g/mol. The van der Waals surface area contributed by atoms with Gasteiger partial charge < -0.3 is 9.15 Å². The number of rotatable bonds is 6. The lowest BCUT2D eigenvalue weighted by atomic mass is 10.0. The molecule has 1 heterocycles. The standard InChI is InChI=1S/C22H25NO3/c1-15(2)17-7-5-16(6-8-17)13-23(3)14-18-11-22(24)26-21-10-9-19(25-4)12-20(18)21/h5-12,15H,13-14H2,1-4H3. The molecule has 0 aliphatic carbocycles. The van der Waals surface area contributed by atoms with Crippen LogP contribution in [0.15, 0.2) is 57.7 Å². The molecule has 0 aliphatic heterocycles. The van der Waals surface area contributed by atoms with E-state index < -0.39 is 0 Å². The van der Waals surface area contributed by atoms with Gasteiger partial charge in [-0.1, -0.05) is 38.1 Å². The normalized spacial score (nSPS) is 11.5. The third-order valence-corrected chi connectivity index (χ3v) is 4.57. The number of hydrogen-bond acceptors (Lipinski definition) is 4. The molecule has 0 N–H and O–H groups in total. The first kappa shape index (κ1) is 18.2. The minimum absolute atomic E-state index is 0.327. The molecule has 2 aromatic carbocycles. The lowest BCUT2D eigenvalue weighted by molar-refractivity contribution is 0.319. The minimum Gasteiger partial charge on any atom is -0.497 e. The van der Waals surface area contributed by atoms with E-state index in [0.717, 1.165) is 23.2 Å². The van der Waals surface area contributed by atoms with Crippen molar-refractivity contribution in [1.29, 1.82) is 0 Å². The van der Waals surface area contributed by atoms with Crippen molar-refractivity contribution in [3.05, 3.63) is 75.6 Å². The van der Waals surface area contributed by atoms with Crippen molar-refractivity contribution in [1.82, 2.24) is 4.90 Å². The Morgan fingerprint density at radius 1 is 1.04 bits per heavy atom. The monoisotopic (exact) mass is 351 g/mol. The average molecular weight is 351 g/mol. The number of hydrogen-bond donors (Lipinski definition) is 0. The second kappa shape index (κ2) is 7.75. The maximum atomic E-state index is 11.9. The fourth-order valence-corrected chi connectivity index (χ4v) is 3.13. The zero-order chi connectivity index (χ0) is 18.7. The molecule has 0 saturated heterocycles. The van der Waals surface area contributed by atoms with Gasteiger partial charge in [0.1, 0.15) is 11.3 Å². The molecular formula is C22H25NO3. The van der Waals surface area contributed by atoms with Crippen LogP contribution in [0.4, 0.5) is 0 Å². The van der Waals surface area contributed by atoms with E-state index >= 15 is 0 Å². The highest BCUT2D eigenvalue weighted by Crippen LogP contribution is 2.24. The van der Waals surface area contributed by atoms with Crippen molar-refractivity contribution in [3.8, 4) is 5.75 Å². The summed E-state index contributed by atoms with van der Waals surface area (Å²) in [7, 11) is 3.68. The van der Waals surface area contributed by atoms with E-state index in [-0.39, 0.29) is 5.63 Å². The molecule has 0 radical (unpaired) electrons. The number of nitrogens with zero attached hydrogens (tertiary/aromatic N) is 1. The summed E-state index contributed by atoms with van der Waals surface area (Å²) in [6.07, 6.45) is 0. The van der Waals surface area contributed by atoms with Gasteiger partial charge in [0.05, 0.1) is 7.11 Å². The number of ether oxygens (including phenoxy) is 1. The maximum absolute atomic E-state index is 11.9. The van der Waals surface area contributed by atoms with E-state index in [1.807, 2.05) is 6.07 Å². The quantitative estimate of drug-likeness (QED) is 0.611. The average Bonchev–Trinajstić information content (AvgIpc) is 2.61. The summed E-state index contributed by atoms with van der Waals surface area (Å²) >= 11 is 0. The third kappa shape index (κ3) is 4.14. The Hall–Kier alpha value is -2.59. The first-order valence-electron chi connectivity index (χ1n) is 8.84. The molecule has 3 rings (SSSR count). The highest BCUT2D eigenvalue weighted by Gasteiger charge is 2.10. The molecule has 136 valence electrons. The van der Waals surface area contributed by atoms with E-state index in [0.29, 0.717) is 18.0 Å². The highest BCUT2D eigenvalue weighted by atomic mass is 16.5. The molecule has 4 heteroatoms. The van der Waals surface area contributed by atoms with Crippen LogP contribution in [-0.4, -0.2) is 19.1 Å². The van der Waals surface area contributed by atoms with Gasteiger partial charge in [-0.15, -0.1) is 0 Å². The molecule has 1 aromatic heterocycles. The van der Waals surface area contributed by atoms with Crippen LogP contribution < -0.4 is 10.4 Å². The van der Waals surface area contributed by atoms with Gasteiger partial charge in [-0.3, -0.25) is 4.90 Å². The van der Waals surface area contributed by atoms with Crippen LogP contribution in [0, 0.1) is 0 Å². The smallest absolute Gasteiger partial charge is 0.336 e. The van der Waals surface area contributed by atoms with Crippen molar-refractivity contribution >= 4 is 11.0 Å².